The quantitative estimate of drug-likeness (QED) is 0.696. The third-order valence-electron chi connectivity index (χ3n) is 2.05. The maximum atomic E-state index is 11.3. The Morgan fingerprint density at radius 3 is 3.07 bits per heavy atom. The van der Waals surface area contributed by atoms with Crippen molar-refractivity contribution in [3.8, 4) is 0 Å². The second-order valence-electron chi connectivity index (χ2n) is 3.44. The van der Waals surface area contributed by atoms with E-state index in [-0.39, 0.29) is 5.91 Å². The average molecular weight is 226 g/mol. The van der Waals surface area contributed by atoms with Crippen molar-refractivity contribution in [2.75, 3.05) is 13.1 Å². The molecule has 0 aliphatic heterocycles. The summed E-state index contributed by atoms with van der Waals surface area (Å²) in [6, 6.07) is 2.06. The van der Waals surface area contributed by atoms with E-state index < -0.39 is 0 Å². The number of nitrogens with one attached hydrogen (secondary N) is 2. The molecule has 0 saturated carbocycles. The largest absolute Gasteiger partial charge is 0.355 e. The van der Waals surface area contributed by atoms with Gasteiger partial charge in [0, 0.05) is 13.1 Å². The summed E-state index contributed by atoms with van der Waals surface area (Å²) in [4.78, 5) is 11.3. The molecule has 1 rings (SSSR count). The van der Waals surface area contributed by atoms with E-state index >= 15 is 0 Å². The Hall–Kier alpha value is -0.870. The van der Waals surface area contributed by atoms with Crippen LogP contribution in [-0.2, 0) is 11.3 Å². The summed E-state index contributed by atoms with van der Waals surface area (Å²) < 4.78 is 0. The Kier molecular flexibility index (Phi) is 6.04. The molecular formula is C11H18N2OS. The number of unbranched alkanes of at least 4 members (excludes halogenated alkanes) is 1. The Morgan fingerprint density at radius 2 is 2.40 bits per heavy atom. The highest BCUT2D eigenvalue weighted by atomic mass is 32.1. The Bertz CT molecular complexity index is 272. The molecule has 0 fully saturated rings. The lowest BCUT2D eigenvalue weighted by Gasteiger charge is -2.05. The van der Waals surface area contributed by atoms with E-state index in [1.165, 1.54) is 5.56 Å². The van der Waals surface area contributed by atoms with E-state index in [9.17, 15) is 4.79 Å². The number of thiophene rings is 1. The molecule has 0 aliphatic carbocycles. The van der Waals surface area contributed by atoms with Crippen LogP contribution >= 0.6 is 11.3 Å². The molecule has 0 aliphatic rings. The highest BCUT2D eigenvalue weighted by Gasteiger charge is 1.99. The van der Waals surface area contributed by atoms with Crippen molar-refractivity contribution in [2.24, 2.45) is 0 Å². The molecule has 0 spiro atoms. The zero-order valence-corrected chi connectivity index (χ0v) is 9.90. The van der Waals surface area contributed by atoms with E-state index in [2.05, 4.69) is 29.0 Å². The number of rotatable bonds is 7. The van der Waals surface area contributed by atoms with Gasteiger partial charge in [0.05, 0.1) is 6.54 Å². The zero-order chi connectivity index (χ0) is 10.9. The second kappa shape index (κ2) is 7.43. The normalized spacial score (nSPS) is 10.2. The summed E-state index contributed by atoms with van der Waals surface area (Å²) in [5.41, 5.74) is 1.24. The van der Waals surface area contributed by atoms with Crippen LogP contribution in [0.3, 0.4) is 0 Å². The summed E-state index contributed by atoms with van der Waals surface area (Å²) >= 11 is 1.67. The van der Waals surface area contributed by atoms with Gasteiger partial charge in [-0.3, -0.25) is 4.79 Å². The van der Waals surface area contributed by atoms with Crippen molar-refractivity contribution in [1.29, 1.82) is 0 Å². The van der Waals surface area contributed by atoms with Gasteiger partial charge < -0.3 is 10.6 Å². The van der Waals surface area contributed by atoms with Crippen molar-refractivity contribution >= 4 is 17.2 Å². The molecule has 0 radical (unpaired) electrons. The fourth-order valence-electron chi connectivity index (χ4n) is 1.18. The second-order valence-corrected chi connectivity index (χ2v) is 4.22. The van der Waals surface area contributed by atoms with Crippen LogP contribution in [0.1, 0.15) is 25.3 Å². The number of hydrogen-bond donors (Lipinski definition) is 2. The highest BCUT2D eigenvalue weighted by Crippen LogP contribution is 2.04. The molecule has 84 valence electrons. The van der Waals surface area contributed by atoms with E-state index in [0.717, 1.165) is 25.9 Å². The van der Waals surface area contributed by atoms with Gasteiger partial charge in [0.2, 0.25) is 5.91 Å². The topological polar surface area (TPSA) is 41.1 Å². The molecule has 1 aromatic rings. The summed E-state index contributed by atoms with van der Waals surface area (Å²) in [6.45, 7) is 4.07. The minimum absolute atomic E-state index is 0.0821. The van der Waals surface area contributed by atoms with Gasteiger partial charge in [-0.2, -0.15) is 11.3 Å². The molecule has 0 aromatic carbocycles. The first-order chi connectivity index (χ1) is 7.33. The molecule has 0 atom stereocenters. The minimum Gasteiger partial charge on any atom is -0.355 e. The van der Waals surface area contributed by atoms with Crippen LogP contribution in [-0.4, -0.2) is 19.0 Å². The van der Waals surface area contributed by atoms with Crippen LogP contribution in [0.4, 0.5) is 0 Å². The molecule has 0 saturated heterocycles. The Morgan fingerprint density at radius 1 is 1.53 bits per heavy atom. The van der Waals surface area contributed by atoms with Crippen molar-refractivity contribution in [3.05, 3.63) is 22.4 Å². The first-order valence-corrected chi connectivity index (χ1v) is 6.25. The first-order valence-electron chi connectivity index (χ1n) is 5.31. The summed E-state index contributed by atoms with van der Waals surface area (Å²) in [7, 11) is 0. The lowest BCUT2D eigenvalue weighted by molar-refractivity contribution is -0.120. The van der Waals surface area contributed by atoms with E-state index in [0.29, 0.717) is 6.54 Å². The maximum absolute atomic E-state index is 11.3. The number of carbonyl (C=O) groups is 1. The van der Waals surface area contributed by atoms with Crippen LogP contribution in [0.15, 0.2) is 16.8 Å². The third-order valence-corrected chi connectivity index (χ3v) is 2.78. The SMILES string of the molecule is CCCCNC(=O)CNCc1ccsc1. The Balaban J connectivity index is 2.02. The predicted molar refractivity (Wildman–Crippen MR) is 63.9 cm³/mol. The van der Waals surface area contributed by atoms with Crippen LogP contribution in [0, 0.1) is 0 Å². The van der Waals surface area contributed by atoms with Gasteiger partial charge in [0.15, 0.2) is 0 Å². The van der Waals surface area contributed by atoms with Crippen LogP contribution in [0.5, 0.6) is 0 Å². The van der Waals surface area contributed by atoms with Crippen molar-refractivity contribution in [1.82, 2.24) is 10.6 Å². The molecule has 15 heavy (non-hydrogen) atoms. The van der Waals surface area contributed by atoms with E-state index in [1.807, 2.05) is 5.38 Å². The molecule has 1 aromatic heterocycles. The van der Waals surface area contributed by atoms with Gasteiger partial charge in [0.1, 0.15) is 0 Å². The number of hydrogen-bond acceptors (Lipinski definition) is 3. The molecule has 0 bridgehead atoms. The molecule has 1 amide bonds. The van der Waals surface area contributed by atoms with Gasteiger partial charge in [-0.1, -0.05) is 13.3 Å². The summed E-state index contributed by atoms with van der Waals surface area (Å²) in [5.74, 6) is 0.0821. The minimum atomic E-state index is 0.0821. The highest BCUT2D eigenvalue weighted by molar-refractivity contribution is 7.07. The van der Waals surface area contributed by atoms with E-state index in [1.54, 1.807) is 11.3 Å². The van der Waals surface area contributed by atoms with Crippen molar-refractivity contribution in [2.45, 2.75) is 26.3 Å². The van der Waals surface area contributed by atoms with Gasteiger partial charge in [-0.25, -0.2) is 0 Å². The van der Waals surface area contributed by atoms with Gasteiger partial charge in [0.25, 0.3) is 0 Å². The Labute approximate surface area is 94.9 Å². The molecule has 4 heteroatoms. The fourth-order valence-corrected chi connectivity index (χ4v) is 1.85. The summed E-state index contributed by atoms with van der Waals surface area (Å²) in [5, 5.41) is 10.1. The predicted octanol–water partition coefficient (Wildman–Crippen LogP) is 1.75. The molecular weight excluding hydrogens is 208 g/mol. The van der Waals surface area contributed by atoms with Crippen molar-refractivity contribution in [3.63, 3.8) is 0 Å². The number of amides is 1. The fraction of sp³-hybridized carbons (Fsp3) is 0.545. The molecule has 1 heterocycles. The van der Waals surface area contributed by atoms with Gasteiger partial charge >= 0.3 is 0 Å². The molecule has 2 N–H and O–H groups in total. The average Bonchev–Trinajstić information content (AvgIpc) is 2.71. The third kappa shape index (κ3) is 5.54. The monoisotopic (exact) mass is 226 g/mol. The molecule has 3 nitrogen and oxygen atoms in total. The van der Waals surface area contributed by atoms with Gasteiger partial charge in [-0.15, -0.1) is 0 Å². The zero-order valence-electron chi connectivity index (χ0n) is 9.08. The van der Waals surface area contributed by atoms with Crippen LogP contribution in [0.25, 0.3) is 0 Å². The van der Waals surface area contributed by atoms with Crippen molar-refractivity contribution < 1.29 is 4.79 Å². The first kappa shape index (κ1) is 12.2. The number of carbonyl (C=O) groups excluding carboxylic acids is 1. The maximum Gasteiger partial charge on any atom is 0.233 e. The molecule has 0 unspecified atom stereocenters. The standard InChI is InChI=1S/C11H18N2OS/c1-2-3-5-13-11(14)8-12-7-10-4-6-15-9-10/h4,6,9,12H,2-3,5,7-8H2,1H3,(H,13,14). The van der Waals surface area contributed by atoms with Gasteiger partial charge in [-0.05, 0) is 28.8 Å². The van der Waals surface area contributed by atoms with Crippen LogP contribution < -0.4 is 10.6 Å². The van der Waals surface area contributed by atoms with Crippen LogP contribution in [0.2, 0.25) is 0 Å². The summed E-state index contributed by atoms with van der Waals surface area (Å²) in [6.07, 6.45) is 2.17. The lowest BCUT2D eigenvalue weighted by Crippen LogP contribution is -2.34. The lowest BCUT2D eigenvalue weighted by atomic mass is 10.3. The van der Waals surface area contributed by atoms with E-state index in [4.69, 9.17) is 0 Å². The smallest absolute Gasteiger partial charge is 0.233 e.